The zero-order chi connectivity index (χ0) is 25.6. The molecule has 0 spiro atoms. The zero-order valence-electron chi connectivity index (χ0n) is 20.3. The summed E-state index contributed by atoms with van der Waals surface area (Å²) in [6, 6.07) is 13.3. The number of hydrogen-bond acceptors (Lipinski definition) is 6. The molecule has 1 aromatic carbocycles. The molecule has 1 aliphatic rings. The van der Waals surface area contributed by atoms with Crippen LogP contribution >= 0.6 is 23.6 Å². The lowest BCUT2D eigenvalue weighted by molar-refractivity contribution is 0.565. The van der Waals surface area contributed by atoms with Gasteiger partial charge in [-0.3, -0.25) is 14.3 Å². The zero-order valence-corrected chi connectivity index (χ0v) is 22.7. The Balaban J connectivity index is 1.64. The third-order valence-corrected chi connectivity index (χ3v) is 7.94. The van der Waals surface area contributed by atoms with Crippen LogP contribution < -0.4 is 14.9 Å². The number of hydrogen-bond donors (Lipinski definition) is 2. The van der Waals surface area contributed by atoms with Gasteiger partial charge in [-0.15, -0.1) is 11.3 Å². The van der Waals surface area contributed by atoms with Crippen molar-refractivity contribution in [3.63, 3.8) is 0 Å². The van der Waals surface area contributed by atoms with Crippen LogP contribution in [0.15, 0.2) is 60.2 Å². The summed E-state index contributed by atoms with van der Waals surface area (Å²) in [7, 11) is -3.39. The summed E-state index contributed by atoms with van der Waals surface area (Å²) < 4.78 is 28.3. The normalized spacial score (nSPS) is 17.9. The average Bonchev–Trinajstić information content (AvgIpc) is 3.53. The molecule has 0 bridgehead atoms. The number of pyridine rings is 1. The first kappa shape index (κ1) is 24.4. The molecule has 11 heteroatoms. The van der Waals surface area contributed by atoms with E-state index in [1.807, 2.05) is 48.8 Å². The molecule has 0 unspecified atom stereocenters. The fourth-order valence-electron chi connectivity index (χ4n) is 4.77. The molecule has 1 aliphatic heterocycles. The van der Waals surface area contributed by atoms with Crippen LogP contribution in [0.4, 0.5) is 11.4 Å². The third kappa shape index (κ3) is 4.49. The van der Waals surface area contributed by atoms with Gasteiger partial charge in [-0.1, -0.05) is 6.07 Å². The molecule has 8 nitrogen and oxygen atoms in total. The van der Waals surface area contributed by atoms with Crippen LogP contribution in [0.3, 0.4) is 0 Å². The van der Waals surface area contributed by atoms with Gasteiger partial charge in [-0.2, -0.15) is 0 Å². The number of anilines is 2. The van der Waals surface area contributed by atoms with E-state index in [0.29, 0.717) is 10.8 Å². The molecule has 0 aliphatic carbocycles. The molecule has 0 radical (unpaired) electrons. The maximum Gasteiger partial charge on any atom is 0.229 e. The van der Waals surface area contributed by atoms with Gasteiger partial charge in [0.15, 0.2) is 10.2 Å². The first-order valence-electron chi connectivity index (χ1n) is 11.3. The van der Waals surface area contributed by atoms with Crippen LogP contribution in [0.1, 0.15) is 40.3 Å². The number of aromatic nitrogens is 3. The largest absolute Gasteiger partial charge is 0.351 e. The van der Waals surface area contributed by atoms with Crippen molar-refractivity contribution < 1.29 is 8.42 Å². The molecule has 4 heterocycles. The Morgan fingerprint density at radius 1 is 1.08 bits per heavy atom. The van der Waals surface area contributed by atoms with Gasteiger partial charge in [0.05, 0.1) is 29.7 Å². The molecule has 186 valence electrons. The number of thiocarbonyl (C=S) groups is 1. The second kappa shape index (κ2) is 9.30. The van der Waals surface area contributed by atoms with E-state index >= 15 is 0 Å². The van der Waals surface area contributed by atoms with Gasteiger partial charge in [0.2, 0.25) is 10.0 Å². The number of thiazole rings is 1. The Hall–Kier alpha value is -3.28. The van der Waals surface area contributed by atoms with Gasteiger partial charge < -0.3 is 10.2 Å². The lowest BCUT2D eigenvalue weighted by atomic mass is 9.96. The lowest BCUT2D eigenvalue weighted by Gasteiger charge is -2.28. The van der Waals surface area contributed by atoms with E-state index in [1.54, 1.807) is 23.6 Å². The number of benzene rings is 1. The highest BCUT2D eigenvalue weighted by atomic mass is 32.2. The summed E-state index contributed by atoms with van der Waals surface area (Å²) >= 11 is 7.45. The maximum absolute atomic E-state index is 11.8. The standard InChI is InChI=1S/C25H26N6O2S3/c1-15-13-18(8-9-20(15)29-36(4,32)33)31-23(22(28-24(31)34)21-7-5-6-10-26-21)19-14-16(2)30(17(19)3)25-27-11-12-35-25/h5-14,22-23,29H,1-4H3,(H,28,34)/t22-,23-/m0/s1. The molecule has 36 heavy (non-hydrogen) atoms. The Kier molecular flexibility index (Phi) is 6.31. The third-order valence-electron chi connectivity index (χ3n) is 6.28. The topological polar surface area (TPSA) is 92.2 Å². The van der Waals surface area contributed by atoms with Gasteiger partial charge in [0.1, 0.15) is 0 Å². The minimum Gasteiger partial charge on any atom is -0.351 e. The van der Waals surface area contributed by atoms with E-state index in [1.165, 1.54) is 0 Å². The summed E-state index contributed by atoms with van der Waals surface area (Å²) in [6.07, 6.45) is 4.74. The maximum atomic E-state index is 11.8. The van der Waals surface area contributed by atoms with Gasteiger partial charge in [0.25, 0.3) is 0 Å². The number of nitrogens with one attached hydrogen (secondary N) is 2. The second-order valence-electron chi connectivity index (χ2n) is 8.85. The van der Waals surface area contributed by atoms with Crippen LogP contribution in [-0.2, 0) is 10.0 Å². The minimum atomic E-state index is -3.39. The van der Waals surface area contributed by atoms with Crippen LogP contribution in [0.5, 0.6) is 0 Å². The fourth-order valence-corrected chi connectivity index (χ4v) is 6.49. The van der Waals surface area contributed by atoms with E-state index < -0.39 is 10.0 Å². The molecule has 2 N–H and O–H groups in total. The van der Waals surface area contributed by atoms with Crippen molar-refractivity contribution in [1.82, 2.24) is 19.9 Å². The lowest BCUT2D eigenvalue weighted by Crippen LogP contribution is -2.29. The van der Waals surface area contributed by atoms with E-state index in [4.69, 9.17) is 12.2 Å². The van der Waals surface area contributed by atoms with Gasteiger partial charge in [-0.25, -0.2) is 13.4 Å². The van der Waals surface area contributed by atoms with Gasteiger partial charge in [-0.05, 0) is 80.5 Å². The Bertz CT molecular complexity index is 1530. The highest BCUT2D eigenvalue weighted by Gasteiger charge is 2.42. The Morgan fingerprint density at radius 3 is 2.53 bits per heavy atom. The monoisotopic (exact) mass is 538 g/mol. The van der Waals surface area contributed by atoms with Crippen LogP contribution in [0.25, 0.3) is 5.13 Å². The number of nitrogens with zero attached hydrogens (tertiary/aromatic N) is 4. The molecular formula is C25H26N6O2S3. The van der Waals surface area contributed by atoms with Crippen LogP contribution in [0, 0.1) is 20.8 Å². The van der Waals surface area contributed by atoms with Crippen molar-refractivity contribution in [2.45, 2.75) is 32.9 Å². The first-order chi connectivity index (χ1) is 17.1. The first-order valence-corrected chi connectivity index (χ1v) is 14.5. The molecule has 4 aromatic rings. The van der Waals surface area contributed by atoms with E-state index in [0.717, 1.165) is 45.3 Å². The molecule has 5 rings (SSSR count). The summed E-state index contributed by atoms with van der Waals surface area (Å²) in [5.74, 6) is 0. The smallest absolute Gasteiger partial charge is 0.229 e. The molecule has 1 saturated heterocycles. The molecular weight excluding hydrogens is 513 g/mol. The van der Waals surface area contributed by atoms with E-state index in [-0.39, 0.29) is 12.1 Å². The van der Waals surface area contributed by atoms with Crippen molar-refractivity contribution >= 4 is 50.1 Å². The highest BCUT2D eigenvalue weighted by Crippen LogP contribution is 2.44. The molecule has 2 atom stereocenters. The van der Waals surface area contributed by atoms with E-state index in [9.17, 15) is 8.42 Å². The SMILES string of the molecule is Cc1cc(N2C(=S)N[C@@H](c3ccccn3)[C@@H]2c2cc(C)n(-c3nccs3)c2C)ccc1NS(C)(=O)=O. The predicted molar refractivity (Wildman–Crippen MR) is 148 cm³/mol. The quantitative estimate of drug-likeness (QED) is 0.341. The number of sulfonamides is 1. The number of rotatable bonds is 6. The van der Waals surface area contributed by atoms with Crippen molar-refractivity contribution in [1.29, 1.82) is 0 Å². The van der Waals surface area contributed by atoms with Crippen molar-refractivity contribution in [2.75, 3.05) is 15.9 Å². The fraction of sp³-hybridized carbons (Fsp3) is 0.240. The predicted octanol–water partition coefficient (Wildman–Crippen LogP) is 4.80. The van der Waals surface area contributed by atoms with Crippen LogP contribution in [0.2, 0.25) is 0 Å². The van der Waals surface area contributed by atoms with Crippen LogP contribution in [-0.4, -0.2) is 34.3 Å². The van der Waals surface area contributed by atoms with Crippen molar-refractivity contribution in [2.24, 2.45) is 0 Å². The second-order valence-corrected chi connectivity index (χ2v) is 11.9. The summed E-state index contributed by atoms with van der Waals surface area (Å²) in [4.78, 5) is 11.3. The number of aryl methyl sites for hydroxylation is 2. The summed E-state index contributed by atoms with van der Waals surface area (Å²) in [5.41, 5.74) is 6.37. The molecule has 0 amide bonds. The molecule has 1 fully saturated rings. The Labute approximate surface area is 220 Å². The van der Waals surface area contributed by atoms with Crippen molar-refractivity contribution in [3.05, 3.63) is 88.4 Å². The summed E-state index contributed by atoms with van der Waals surface area (Å²) in [5, 5.41) is 6.96. The average molecular weight is 539 g/mol. The Morgan fingerprint density at radius 2 is 1.89 bits per heavy atom. The summed E-state index contributed by atoms with van der Waals surface area (Å²) in [6.45, 7) is 6.06. The van der Waals surface area contributed by atoms with Crippen molar-refractivity contribution in [3.8, 4) is 5.13 Å². The van der Waals surface area contributed by atoms with E-state index in [2.05, 4.69) is 49.4 Å². The van der Waals surface area contributed by atoms with Gasteiger partial charge >= 0.3 is 0 Å². The molecule has 0 saturated carbocycles. The molecule has 3 aromatic heterocycles. The highest BCUT2D eigenvalue weighted by molar-refractivity contribution is 7.92. The van der Waals surface area contributed by atoms with Gasteiger partial charge in [0, 0.05) is 34.8 Å². The minimum absolute atomic E-state index is 0.180.